The second-order valence-electron chi connectivity index (χ2n) is 3.00. The molecule has 1 aromatic heterocycles. The van der Waals surface area contributed by atoms with Crippen molar-refractivity contribution < 1.29 is 0 Å². The van der Waals surface area contributed by atoms with Crippen molar-refractivity contribution in [3.8, 4) is 0 Å². The largest absolute Gasteiger partial charge is 0.149 e. The maximum atomic E-state index is 5.93. The van der Waals surface area contributed by atoms with Crippen LogP contribution in [0, 0.1) is 0 Å². The first kappa shape index (κ1) is 10.0. The second kappa shape index (κ2) is 4.35. The summed E-state index contributed by atoms with van der Waals surface area (Å²) in [5.74, 6) is 0. The van der Waals surface area contributed by atoms with Gasteiger partial charge in [-0.1, -0.05) is 35.3 Å². The molecule has 0 nitrogen and oxygen atoms in total. The summed E-state index contributed by atoms with van der Waals surface area (Å²) in [6, 6.07) is 9.94. The highest BCUT2D eigenvalue weighted by molar-refractivity contribution is 7.09. The summed E-state index contributed by atoms with van der Waals surface area (Å²) in [5.41, 5.74) is 1.20. The maximum absolute atomic E-state index is 5.93. The summed E-state index contributed by atoms with van der Waals surface area (Å²) >= 11 is 13.5. The van der Waals surface area contributed by atoms with Crippen molar-refractivity contribution in [2.45, 2.75) is 6.42 Å². The van der Waals surface area contributed by atoms with Crippen LogP contribution in [0.25, 0.3) is 0 Å². The predicted molar refractivity (Wildman–Crippen MR) is 63.6 cm³/mol. The normalized spacial score (nSPS) is 10.4. The van der Waals surface area contributed by atoms with E-state index in [4.69, 9.17) is 23.2 Å². The minimum Gasteiger partial charge on any atom is -0.149 e. The van der Waals surface area contributed by atoms with E-state index in [1.807, 2.05) is 18.2 Å². The zero-order valence-electron chi connectivity index (χ0n) is 7.34. The van der Waals surface area contributed by atoms with Gasteiger partial charge in [-0.05, 0) is 29.1 Å². The Morgan fingerprint density at radius 3 is 2.57 bits per heavy atom. The Labute approximate surface area is 97.1 Å². The van der Waals surface area contributed by atoms with E-state index >= 15 is 0 Å². The van der Waals surface area contributed by atoms with Crippen LogP contribution in [0.3, 0.4) is 0 Å². The van der Waals surface area contributed by atoms with E-state index in [0.717, 1.165) is 6.42 Å². The van der Waals surface area contributed by atoms with E-state index in [1.54, 1.807) is 11.3 Å². The van der Waals surface area contributed by atoms with Crippen LogP contribution in [-0.4, -0.2) is 0 Å². The summed E-state index contributed by atoms with van der Waals surface area (Å²) in [4.78, 5) is 1.34. The molecule has 2 rings (SSSR count). The second-order valence-corrected chi connectivity index (χ2v) is 4.85. The first-order valence-corrected chi connectivity index (χ1v) is 5.85. The molecule has 0 saturated carbocycles. The van der Waals surface area contributed by atoms with E-state index in [-0.39, 0.29) is 0 Å². The molecule has 0 aliphatic rings. The van der Waals surface area contributed by atoms with Gasteiger partial charge in [0.2, 0.25) is 0 Å². The Bertz CT molecular complexity index is 421. The van der Waals surface area contributed by atoms with Gasteiger partial charge in [-0.15, -0.1) is 11.3 Å². The van der Waals surface area contributed by atoms with Crippen LogP contribution >= 0.6 is 34.5 Å². The van der Waals surface area contributed by atoms with Gasteiger partial charge in [-0.2, -0.15) is 0 Å². The summed E-state index contributed by atoms with van der Waals surface area (Å²) in [5, 5.41) is 3.31. The molecule has 0 unspecified atom stereocenters. The fraction of sp³-hybridized carbons (Fsp3) is 0.0909. The van der Waals surface area contributed by atoms with Crippen LogP contribution in [0.1, 0.15) is 10.4 Å². The van der Waals surface area contributed by atoms with Gasteiger partial charge in [0.25, 0.3) is 0 Å². The SMILES string of the molecule is Clc1ccc(Cc2cccs2)cc1Cl. The third-order valence-corrected chi connectivity index (χ3v) is 3.56. The van der Waals surface area contributed by atoms with E-state index < -0.39 is 0 Å². The summed E-state index contributed by atoms with van der Waals surface area (Å²) in [6.07, 6.45) is 0.925. The minimum absolute atomic E-state index is 0.613. The number of benzene rings is 1. The van der Waals surface area contributed by atoms with Gasteiger partial charge in [0, 0.05) is 11.3 Å². The first-order chi connectivity index (χ1) is 6.75. The van der Waals surface area contributed by atoms with Crippen LogP contribution in [0.2, 0.25) is 10.0 Å². The Hall–Kier alpha value is -0.500. The quantitative estimate of drug-likeness (QED) is 0.720. The van der Waals surface area contributed by atoms with Crippen molar-refractivity contribution in [2.75, 3.05) is 0 Å². The Morgan fingerprint density at radius 2 is 1.93 bits per heavy atom. The van der Waals surface area contributed by atoms with Crippen LogP contribution in [0.5, 0.6) is 0 Å². The van der Waals surface area contributed by atoms with Gasteiger partial charge in [0.15, 0.2) is 0 Å². The topological polar surface area (TPSA) is 0 Å². The molecule has 0 radical (unpaired) electrons. The number of rotatable bonds is 2. The molecule has 1 aromatic carbocycles. The van der Waals surface area contributed by atoms with Crippen LogP contribution < -0.4 is 0 Å². The van der Waals surface area contributed by atoms with Crippen LogP contribution in [0.4, 0.5) is 0 Å². The molecule has 0 spiro atoms. The first-order valence-electron chi connectivity index (χ1n) is 4.22. The van der Waals surface area contributed by atoms with Crippen molar-refractivity contribution in [3.63, 3.8) is 0 Å². The van der Waals surface area contributed by atoms with Crippen LogP contribution in [-0.2, 0) is 6.42 Å². The molecule has 72 valence electrons. The van der Waals surface area contributed by atoms with E-state index in [1.165, 1.54) is 10.4 Å². The standard InChI is InChI=1S/C11H8Cl2S/c12-10-4-3-8(7-11(10)13)6-9-2-1-5-14-9/h1-5,7H,6H2. The minimum atomic E-state index is 0.613. The molecule has 0 atom stereocenters. The molecule has 0 aliphatic heterocycles. The van der Waals surface area contributed by atoms with Gasteiger partial charge in [-0.3, -0.25) is 0 Å². The predicted octanol–water partition coefficient (Wildman–Crippen LogP) is 4.65. The van der Waals surface area contributed by atoms with Gasteiger partial charge < -0.3 is 0 Å². The fourth-order valence-electron chi connectivity index (χ4n) is 1.26. The Balaban J connectivity index is 2.22. The molecule has 0 bridgehead atoms. The molecule has 0 saturated heterocycles. The van der Waals surface area contributed by atoms with Crippen LogP contribution in [0.15, 0.2) is 35.7 Å². The van der Waals surface area contributed by atoms with Crippen molar-refractivity contribution in [3.05, 3.63) is 56.2 Å². The van der Waals surface area contributed by atoms with Gasteiger partial charge in [0.05, 0.1) is 10.0 Å². The zero-order valence-corrected chi connectivity index (χ0v) is 9.66. The zero-order chi connectivity index (χ0) is 9.97. The lowest BCUT2D eigenvalue weighted by Gasteiger charge is -2.00. The Kier molecular flexibility index (Phi) is 3.12. The Morgan fingerprint density at radius 1 is 1.07 bits per heavy atom. The van der Waals surface area contributed by atoms with E-state index in [0.29, 0.717) is 10.0 Å². The third-order valence-electron chi connectivity index (χ3n) is 1.94. The molecular formula is C11H8Cl2S. The molecule has 0 N–H and O–H groups in total. The molecule has 0 amide bonds. The summed E-state index contributed by atoms with van der Waals surface area (Å²) in [7, 11) is 0. The van der Waals surface area contributed by atoms with Crippen molar-refractivity contribution >= 4 is 34.5 Å². The lowest BCUT2D eigenvalue weighted by molar-refractivity contribution is 1.24. The number of thiophene rings is 1. The van der Waals surface area contributed by atoms with Crippen molar-refractivity contribution in [1.29, 1.82) is 0 Å². The average molecular weight is 243 g/mol. The highest BCUT2D eigenvalue weighted by atomic mass is 35.5. The molecule has 0 aliphatic carbocycles. The van der Waals surface area contributed by atoms with Gasteiger partial charge in [0.1, 0.15) is 0 Å². The third kappa shape index (κ3) is 2.30. The summed E-state index contributed by atoms with van der Waals surface area (Å²) < 4.78 is 0. The summed E-state index contributed by atoms with van der Waals surface area (Å²) in [6.45, 7) is 0. The van der Waals surface area contributed by atoms with E-state index in [9.17, 15) is 0 Å². The van der Waals surface area contributed by atoms with Crippen molar-refractivity contribution in [2.24, 2.45) is 0 Å². The molecular weight excluding hydrogens is 235 g/mol. The number of hydrogen-bond acceptors (Lipinski definition) is 1. The number of hydrogen-bond donors (Lipinski definition) is 0. The molecule has 0 fully saturated rings. The highest BCUT2D eigenvalue weighted by Gasteiger charge is 2.01. The van der Waals surface area contributed by atoms with Crippen molar-refractivity contribution in [1.82, 2.24) is 0 Å². The molecule has 14 heavy (non-hydrogen) atoms. The smallest absolute Gasteiger partial charge is 0.0595 e. The maximum Gasteiger partial charge on any atom is 0.0595 e. The fourth-order valence-corrected chi connectivity index (χ4v) is 2.32. The average Bonchev–Trinajstić information content (AvgIpc) is 2.64. The molecule has 1 heterocycles. The molecule has 3 heteroatoms. The lowest BCUT2D eigenvalue weighted by atomic mass is 10.1. The monoisotopic (exact) mass is 242 g/mol. The van der Waals surface area contributed by atoms with E-state index in [2.05, 4.69) is 17.5 Å². The number of halogens is 2. The van der Waals surface area contributed by atoms with Gasteiger partial charge in [-0.25, -0.2) is 0 Å². The highest BCUT2D eigenvalue weighted by Crippen LogP contribution is 2.24. The lowest BCUT2D eigenvalue weighted by Crippen LogP contribution is -1.84. The molecule has 2 aromatic rings. The van der Waals surface area contributed by atoms with Gasteiger partial charge >= 0.3 is 0 Å².